The maximum atomic E-state index is 13.5. The first-order chi connectivity index (χ1) is 17.4. The molecule has 16 heteroatoms. The molecule has 0 radical (unpaired) electrons. The van der Waals surface area contributed by atoms with E-state index in [1.807, 2.05) is 13.8 Å². The summed E-state index contributed by atoms with van der Waals surface area (Å²) >= 11 is 6.25. The van der Waals surface area contributed by atoms with Gasteiger partial charge in [0.25, 0.3) is 0 Å². The van der Waals surface area contributed by atoms with Crippen LogP contribution in [0.5, 0.6) is 0 Å². The van der Waals surface area contributed by atoms with Crippen LogP contribution in [0.2, 0.25) is 5.02 Å². The molecule has 10 nitrogen and oxygen atoms in total. The van der Waals surface area contributed by atoms with E-state index in [2.05, 4.69) is 10.1 Å². The molecule has 3 N–H and O–H groups in total. The summed E-state index contributed by atoms with van der Waals surface area (Å²) < 4.78 is 74.1. The fourth-order valence-corrected chi connectivity index (χ4v) is 4.59. The van der Waals surface area contributed by atoms with Crippen molar-refractivity contribution >= 4 is 33.3 Å². The number of amides is 1. The van der Waals surface area contributed by atoms with E-state index in [1.54, 1.807) is 0 Å². The molecule has 0 aliphatic carbocycles. The molecule has 1 aliphatic rings. The van der Waals surface area contributed by atoms with Gasteiger partial charge in [0.05, 0.1) is 28.4 Å². The molecule has 1 saturated heterocycles. The summed E-state index contributed by atoms with van der Waals surface area (Å²) in [5, 5.41) is 11.2. The minimum absolute atomic E-state index is 0.0400. The van der Waals surface area contributed by atoms with Crippen LogP contribution in [0.25, 0.3) is 11.4 Å². The molecule has 3 atom stereocenters. The summed E-state index contributed by atoms with van der Waals surface area (Å²) in [6.07, 6.45) is -4.21. The van der Waals surface area contributed by atoms with Crippen molar-refractivity contribution in [2.45, 2.75) is 55.9 Å². The van der Waals surface area contributed by atoms with Crippen LogP contribution in [-0.2, 0) is 19.4 Å². The zero-order valence-electron chi connectivity index (χ0n) is 20.6. The van der Waals surface area contributed by atoms with Gasteiger partial charge in [0.1, 0.15) is 6.17 Å². The number of carboxylic acids is 1. The van der Waals surface area contributed by atoms with Crippen molar-refractivity contribution in [1.29, 1.82) is 0 Å². The van der Waals surface area contributed by atoms with Crippen molar-refractivity contribution in [2.75, 3.05) is 19.3 Å². The number of sulfone groups is 1. The lowest BCUT2D eigenvalue weighted by Gasteiger charge is -2.26. The van der Waals surface area contributed by atoms with Gasteiger partial charge < -0.3 is 20.3 Å². The number of carbonyl (C=O) groups excluding carboxylic acids is 1. The van der Waals surface area contributed by atoms with Crippen LogP contribution in [0.4, 0.5) is 17.6 Å². The monoisotopic (exact) mass is 586 g/mol. The van der Waals surface area contributed by atoms with E-state index in [1.165, 1.54) is 23.1 Å². The van der Waals surface area contributed by atoms with Gasteiger partial charge >= 0.3 is 12.1 Å². The molecule has 1 aliphatic heterocycles. The highest BCUT2D eigenvalue weighted by molar-refractivity contribution is 7.90. The average Bonchev–Trinajstić information content (AvgIpc) is 3.45. The number of hydrogen-bond acceptors (Lipinski definition) is 8. The van der Waals surface area contributed by atoms with E-state index in [4.69, 9.17) is 31.8 Å². The minimum Gasteiger partial charge on any atom is -0.475 e. The quantitative estimate of drug-likeness (QED) is 0.464. The molecule has 3 rings (SSSR count). The van der Waals surface area contributed by atoms with E-state index < -0.39 is 40.1 Å². The van der Waals surface area contributed by atoms with Crippen LogP contribution in [0.15, 0.2) is 27.6 Å². The Morgan fingerprint density at radius 2 is 1.92 bits per heavy atom. The lowest BCUT2D eigenvalue weighted by Crippen LogP contribution is -2.46. The third-order valence-electron chi connectivity index (χ3n) is 5.50. The van der Waals surface area contributed by atoms with Crippen LogP contribution in [-0.4, -0.2) is 78.2 Å². The normalized spacial score (nSPS) is 17.6. The third kappa shape index (κ3) is 8.36. The molecule has 1 aromatic heterocycles. The standard InChI is InChI=1S/C20H26ClFN4O4S.C2HF3O2/c1-11(2)8-15(17(23)20(27)26-7-6-12(22)10-26)19-24-18(25-30-19)14-5-4-13(9-16(14)21)31(3,28)29;3-2(4,5)1(6)7/h4-5,9,11-12,15,17H,6-8,10,23H2,1-3H3;(H,6,7)/t12-,15-,17-;/m0./s1. The molecular formula is C22H27ClF4N4O6S. The Labute approximate surface area is 221 Å². The first kappa shape index (κ1) is 31.4. The van der Waals surface area contributed by atoms with E-state index >= 15 is 0 Å². The van der Waals surface area contributed by atoms with Gasteiger partial charge in [0.2, 0.25) is 17.6 Å². The summed E-state index contributed by atoms with van der Waals surface area (Å²) in [7, 11) is -3.41. The van der Waals surface area contributed by atoms with Crippen molar-refractivity contribution < 1.29 is 45.2 Å². The van der Waals surface area contributed by atoms with Gasteiger partial charge in [-0.3, -0.25) is 4.79 Å². The minimum atomic E-state index is -5.08. The Balaban J connectivity index is 0.000000638. The number of aromatic nitrogens is 2. The maximum absolute atomic E-state index is 13.5. The lowest BCUT2D eigenvalue weighted by molar-refractivity contribution is -0.192. The number of halogens is 5. The van der Waals surface area contributed by atoms with Gasteiger partial charge in [-0.1, -0.05) is 30.6 Å². The molecule has 212 valence electrons. The summed E-state index contributed by atoms with van der Waals surface area (Å²) in [6.45, 7) is 4.34. The fourth-order valence-electron chi connectivity index (χ4n) is 3.61. The summed E-state index contributed by atoms with van der Waals surface area (Å²) in [4.78, 5) is 27.6. The Hall–Kier alpha value is -2.78. The number of hydrogen-bond donors (Lipinski definition) is 2. The number of nitrogens with two attached hydrogens (primary N) is 1. The van der Waals surface area contributed by atoms with Crippen molar-refractivity contribution in [3.8, 4) is 11.4 Å². The average molecular weight is 587 g/mol. The van der Waals surface area contributed by atoms with Crippen LogP contribution in [0.3, 0.4) is 0 Å². The molecule has 2 aromatic rings. The van der Waals surface area contributed by atoms with Gasteiger partial charge in [-0.25, -0.2) is 17.6 Å². The Bertz CT molecular complexity index is 1250. The summed E-state index contributed by atoms with van der Waals surface area (Å²) in [6, 6.07) is 3.28. The number of alkyl halides is 4. The first-order valence-electron chi connectivity index (χ1n) is 11.2. The van der Waals surface area contributed by atoms with E-state index in [0.29, 0.717) is 24.9 Å². The number of rotatable bonds is 7. The molecule has 0 bridgehead atoms. The van der Waals surface area contributed by atoms with Crippen LogP contribution < -0.4 is 5.73 Å². The van der Waals surface area contributed by atoms with Crippen molar-refractivity contribution in [2.24, 2.45) is 11.7 Å². The predicted molar refractivity (Wildman–Crippen MR) is 128 cm³/mol. The SMILES string of the molecule is CC(C)C[C@H](c1nc(-c2ccc(S(C)(=O)=O)cc2Cl)no1)[C@H](N)C(=O)N1CC[C@H](F)C1.O=C(O)C(F)(F)F. The molecule has 1 fully saturated rings. The lowest BCUT2D eigenvalue weighted by atomic mass is 9.90. The smallest absolute Gasteiger partial charge is 0.475 e. The molecule has 38 heavy (non-hydrogen) atoms. The third-order valence-corrected chi connectivity index (χ3v) is 6.92. The molecule has 0 saturated carbocycles. The summed E-state index contributed by atoms with van der Waals surface area (Å²) in [5.74, 6) is -3.12. The van der Waals surface area contributed by atoms with Crippen LogP contribution >= 0.6 is 11.6 Å². The highest BCUT2D eigenvalue weighted by Gasteiger charge is 2.38. The zero-order valence-corrected chi connectivity index (χ0v) is 22.1. The van der Waals surface area contributed by atoms with Gasteiger partial charge in [-0.2, -0.15) is 18.2 Å². The van der Waals surface area contributed by atoms with Crippen molar-refractivity contribution in [3.05, 3.63) is 29.1 Å². The number of benzene rings is 1. The number of carbonyl (C=O) groups is 2. The Kier molecular flexibility index (Phi) is 10.2. The van der Waals surface area contributed by atoms with E-state index in [0.717, 1.165) is 6.26 Å². The number of likely N-dealkylation sites (tertiary alicyclic amines) is 1. The number of nitrogens with zero attached hydrogens (tertiary/aromatic N) is 3. The molecule has 1 aromatic carbocycles. The second kappa shape index (κ2) is 12.4. The molecule has 2 heterocycles. The summed E-state index contributed by atoms with van der Waals surface area (Å²) in [5.41, 5.74) is 6.67. The van der Waals surface area contributed by atoms with Gasteiger partial charge in [0.15, 0.2) is 9.84 Å². The Morgan fingerprint density at radius 3 is 2.37 bits per heavy atom. The number of carboxylic acid groups (broad SMARTS) is 1. The fraction of sp³-hybridized carbons (Fsp3) is 0.545. The maximum Gasteiger partial charge on any atom is 0.490 e. The highest BCUT2D eigenvalue weighted by Crippen LogP contribution is 2.32. The van der Waals surface area contributed by atoms with Gasteiger partial charge in [0, 0.05) is 18.4 Å². The topological polar surface area (TPSA) is 157 Å². The second-order valence-corrected chi connectivity index (χ2v) is 11.5. The molecule has 1 amide bonds. The van der Waals surface area contributed by atoms with Crippen LogP contribution in [0.1, 0.15) is 38.5 Å². The zero-order chi connectivity index (χ0) is 29.0. The van der Waals surface area contributed by atoms with Gasteiger partial charge in [-0.15, -0.1) is 0 Å². The predicted octanol–water partition coefficient (Wildman–Crippen LogP) is 3.45. The highest BCUT2D eigenvalue weighted by atomic mass is 35.5. The first-order valence-corrected chi connectivity index (χ1v) is 13.5. The van der Waals surface area contributed by atoms with E-state index in [9.17, 15) is 30.8 Å². The van der Waals surface area contributed by atoms with Crippen molar-refractivity contribution in [1.82, 2.24) is 15.0 Å². The van der Waals surface area contributed by atoms with Crippen molar-refractivity contribution in [3.63, 3.8) is 0 Å². The second-order valence-electron chi connectivity index (χ2n) is 9.10. The Morgan fingerprint density at radius 1 is 1.32 bits per heavy atom. The van der Waals surface area contributed by atoms with E-state index in [-0.39, 0.29) is 40.0 Å². The largest absolute Gasteiger partial charge is 0.490 e. The molecule has 0 spiro atoms. The van der Waals surface area contributed by atoms with Crippen LogP contribution in [0, 0.1) is 5.92 Å². The molecule has 0 unspecified atom stereocenters. The molecular weight excluding hydrogens is 560 g/mol. The number of aliphatic carboxylic acids is 1. The van der Waals surface area contributed by atoms with Gasteiger partial charge in [-0.05, 0) is 37.0 Å².